The summed E-state index contributed by atoms with van der Waals surface area (Å²) in [4.78, 5) is 17.7. The van der Waals surface area contributed by atoms with Gasteiger partial charge >= 0.3 is 0 Å². The summed E-state index contributed by atoms with van der Waals surface area (Å²) in [6, 6.07) is 8.12. The van der Waals surface area contributed by atoms with Crippen LogP contribution in [0.15, 0.2) is 24.5 Å². The molecule has 1 aromatic heterocycles. The average Bonchev–Trinajstić information content (AvgIpc) is 3.30. The lowest BCUT2D eigenvalue weighted by atomic mass is 9.48. The van der Waals surface area contributed by atoms with Crippen LogP contribution >= 0.6 is 0 Å². The Morgan fingerprint density at radius 2 is 1.52 bits per heavy atom. The van der Waals surface area contributed by atoms with Gasteiger partial charge in [0.15, 0.2) is 5.41 Å². The largest absolute Gasteiger partial charge is 0.299 e. The standard InChI is InChI=1S/C21H21N3O/c22-11-21(12-23)17(16-1-3-24-4-2-16)18(21)19(25)20-8-13-5-14(9-20)7-15(6-13)10-20/h1-4,13-15,17-18H,5-10H2/t13?,14?,15?,17-,18-,20?/m0/s1. The predicted octanol–water partition coefficient (Wildman–Crippen LogP) is 3.61. The fraction of sp³-hybridized carbons (Fsp3) is 0.619. The van der Waals surface area contributed by atoms with Gasteiger partial charge in [0.25, 0.3) is 0 Å². The van der Waals surface area contributed by atoms with Gasteiger partial charge in [-0.25, -0.2) is 0 Å². The van der Waals surface area contributed by atoms with Crippen LogP contribution in [0.3, 0.4) is 0 Å². The minimum absolute atomic E-state index is 0.219. The number of carbonyl (C=O) groups excluding carboxylic acids is 1. The highest BCUT2D eigenvalue weighted by molar-refractivity contribution is 5.94. The Morgan fingerprint density at radius 3 is 2.00 bits per heavy atom. The number of carbonyl (C=O) groups is 1. The van der Waals surface area contributed by atoms with Gasteiger partial charge in [0.05, 0.1) is 18.1 Å². The zero-order chi connectivity index (χ0) is 17.2. The van der Waals surface area contributed by atoms with Crippen molar-refractivity contribution in [3.63, 3.8) is 0 Å². The third-order valence-electron chi connectivity index (χ3n) is 7.48. The molecule has 4 nitrogen and oxygen atoms in total. The van der Waals surface area contributed by atoms with Gasteiger partial charge in [-0.15, -0.1) is 0 Å². The number of hydrogen-bond acceptors (Lipinski definition) is 4. The highest BCUT2D eigenvalue weighted by atomic mass is 16.1. The Labute approximate surface area is 147 Å². The molecule has 5 saturated carbocycles. The number of Topliss-reactive ketones (excluding diaryl/α,β-unsaturated/α-hetero) is 1. The molecule has 0 amide bonds. The van der Waals surface area contributed by atoms with Crippen LogP contribution in [0.1, 0.15) is 50.0 Å². The van der Waals surface area contributed by atoms with Crippen molar-refractivity contribution in [1.29, 1.82) is 10.5 Å². The van der Waals surface area contributed by atoms with Crippen molar-refractivity contribution in [1.82, 2.24) is 4.98 Å². The number of pyridine rings is 1. The Kier molecular flexibility index (Phi) is 2.97. The van der Waals surface area contributed by atoms with E-state index in [0.29, 0.717) is 17.8 Å². The summed E-state index contributed by atoms with van der Waals surface area (Å²) in [6.45, 7) is 0. The maximum atomic E-state index is 13.7. The first kappa shape index (κ1) is 15.1. The monoisotopic (exact) mass is 331 g/mol. The maximum Gasteiger partial charge on any atom is 0.161 e. The van der Waals surface area contributed by atoms with Crippen molar-refractivity contribution in [2.45, 2.75) is 44.4 Å². The molecule has 25 heavy (non-hydrogen) atoms. The third kappa shape index (κ3) is 1.92. The number of ketones is 1. The van der Waals surface area contributed by atoms with Gasteiger partial charge < -0.3 is 0 Å². The van der Waals surface area contributed by atoms with Gasteiger partial charge in [0.1, 0.15) is 5.78 Å². The summed E-state index contributed by atoms with van der Waals surface area (Å²) in [5.74, 6) is 1.54. The molecule has 0 unspecified atom stereocenters. The van der Waals surface area contributed by atoms with Crippen molar-refractivity contribution in [2.75, 3.05) is 0 Å². The Morgan fingerprint density at radius 1 is 1.00 bits per heavy atom. The van der Waals surface area contributed by atoms with Gasteiger partial charge in [0, 0.05) is 23.7 Å². The van der Waals surface area contributed by atoms with Crippen LogP contribution in [0.4, 0.5) is 0 Å². The maximum absolute atomic E-state index is 13.7. The smallest absolute Gasteiger partial charge is 0.161 e. The van der Waals surface area contributed by atoms with Crippen molar-refractivity contribution in [3.05, 3.63) is 30.1 Å². The van der Waals surface area contributed by atoms with Crippen LogP contribution in [0, 0.1) is 57.2 Å². The van der Waals surface area contributed by atoms with E-state index in [4.69, 9.17) is 0 Å². The Bertz CT molecular complexity index is 766. The summed E-state index contributed by atoms with van der Waals surface area (Å²) < 4.78 is 0. The lowest BCUT2D eigenvalue weighted by molar-refractivity contribution is -0.145. The second-order valence-corrected chi connectivity index (χ2v) is 8.89. The fourth-order valence-corrected chi connectivity index (χ4v) is 6.82. The van der Waals surface area contributed by atoms with Crippen molar-refractivity contribution >= 4 is 5.78 Å². The molecule has 2 atom stereocenters. The first-order valence-corrected chi connectivity index (χ1v) is 9.38. The van der Waals surface area contributed by atoms with Crippen LogP contribution in [0.2, 0.25) is 0 Å². The normalized spacial score (nSPS) is 42.4. The number of aromatic nitrogens is 1. The summed E-state index contributed by atoms with van der Waals surface area (Å²) in [6.07, 6.45) is 10.2. The van der Waals surface area contributed by atoms with E-state index >= 15 is 0 Å². The van der Waals surface area contributed by atoms with E-state index in [1.165, 1.54) is 19.3 Å². The van der Waals surface area contributed by atoms with Crippen LogP contribution in [0.25, 0.3) is 0 Å². The molecule has 0 saturated heterocycles. The molecular weight excluding hydrogens is 310 g/mol. The van der Waals surface area contributed by atoms with Crippen molar-refractivity contribution < 1.29 is 4.79 Å². The quantitative estimate of drug-likeness (QED) is 0.847. The Balaban J connectivity index is 1.51. The van der Waals surface area contributed by atoms with E-state index in [0.717, 1.165) is 24.8 Å². The highest BCUT2D eigenvalue weighted by Crippen LogP contribution is 2.70. The van der Waals surface area contributed by atoms with Gasteiger partial charge in [-0.05, 0) is 74.0 Å². The molecule has 1 aromatic rings. The predicted molar refractivity (Wildman–Crippen MR) is 89.7 cm³/mol. The molecule has 0 spiro atoms. The van der Waals surface area contributed by atoms with E-state index in [2.05, 4.69) is 17.1 Å². The molecule has 1 heterocycles. The lowest BCUT2D eigenvalue weighted by Gasteiger charge is -2.56. The second kappa shape index (κ2) is 4.92. The van der Waals surface area contributed by atoms with Gasteiger partial charge in [-0.3, -0.25) is 9.78 Å². The molecule has 6 rings (SSSR count). The summed E-state index contributed by atoms with van der Waals surface area (Å²) in [5, 5.41) is 19.5. The molecule has 5 aliphatic carbocycles. The van der Waals surface area contributed by atoms with Gasteiger partial charge in [-0.2, -0.15) is 10.5 Å². The topological polar surface area (TPSA) is 77.5 Å². The van der Waals surface area contributed by atoms with E-state index in [1.54, 1.807) is 12.4 Å². The molecule has 5 fully saturated rings. The third-order valence-corrected chi connectivity index (χ3v) is 7.48. The zero-order valence-electron chi connectivity index (χ0n) is 14.2. The minimum atomic E-state index is -1.18. The molecule has 0 N–H and O–H groups in total. The van der Waals surface area contributed by atoms with Gasteiger partial charge in [0.2, 0.25) is 0 Å². The van der Waals surface area contributed by atoms with Crippen molar-refractivity contribution in [2.24, 2.45) is 34.5 Å². The van der Waals surface area contributed by atoms with E-state index in [-0.39, 0.29) is 17.1 Å². The molecular formula is C21H21N3O. The second-order valence-electron chi connectivity index (χ2n) is 8.89. The zero-order valence-corrected chi connectivity index (χ0v) is 14.2. The lowest BCUT2D eigenvalue weighted by Crippen LogP contribution is -2.50. The number of rotatable bonds is 3. The summed E-state index contributed by atoms with van der Waals surface area (Å²) >= 11 is 0. The molecule has 4 heteroatoms. The first-order valence-electron chi connectivity index (χ1n) is 9.38. The minimum Gasteiger partial charge on any atom is -0.299 e. The number of nitriles is 2. The number of nitrogens with zero attached hydrogens (tertiary/aromatic N) is 3. The molecule has 5 aliphatic rings. The van der Waals surface area contributed by atoms with Crippen LogP contribution in [-0.4, -0.2) is 10.8 Å². The van der Waals surface area contributed by atoms with E-state index in [1.807, 2.05) is 12.1 Å². The molecule has 126 valence electrons. The van der Waals surface area contributed by atoms with E-state index in [9.17, 15) is 15.3 Å². The Hall–Kier alpha value is -2.20. The average molecular weight is 331 g/mol. The number of hydrogen-bond donors (Lipinski definition) is 0. The molecule has 0 radical (unpaired) electrons. The van der Waals surface area contributed by atoms with Gasteiger partial charge in [-0.1, -0.05) is 0 Å². The molecule has 0 aromatic carbocycles. The van der Waals surface area contributed by atoms with E-state index < -0.39 is 11.3 Å². The molecule has 0 aliphatic heterocycles. The van der Waals surface area contributed by atoms with Crippen LogP contribution < -0.4 is 0 Å². The van der Waals surface area contributed by atoms with Crippen LogP contribution in [0.5, 0.6) is 0 Å². The van der Waals surface area contributed by atoms with Crippen LogP contribution in [-0.2, 0) is 4.79 Å². The first-order chi connectivity index (χ1) is 12.1. The summed E-state index contributed by atoms with van der Waals surface area (Å²) in [5.41, 5.74) is -0.525. The fourth-order valence-electron chi connectivity index (χ4n) is 6.82. The molecule has 4 bridgehead atoms. The SMILES string of the molecule is N#CC1(C#N)[C@H](C(=O)C23CC4CC(CC(C4)C2)C3)[C@@H]1c1ccncc1. The highest BCUT2D eigenvalue weighted by Gasteiger charge is 2.73. The summed E-state index contributed by atoms with van der Waals surface area (Å²) in [7, 11) is 0. The van der Waals surface area contributed by atoms with Crippen molar-refractivity contribution in [3.8, 4) is 12.1 Å².